The quantitative estimate of drug-likeness (QED) is 0.803. The molecule has 0 bridgehead atoms. The molecule has 0 aliphatic heterocycles. The Kier molecular flexibility index (Phi) is 2.77. The lowest BCUT2D eigenvalue weighted by molar-refractivity contribution is 0.0596. The molecule has 98 valence electrons. The molecule has 1 saturated carbocycles. The minimum Gasteiger partial charge on any atom is -0.507 e. The van der Waals surface area contributed by atoms with Gasteiger partial charge in [0, 0.05) is 13.0 Å². The summed E-state index contributed by atoms with van der Waals surface area (Å²) in [6.07, 6.45) is -0.345. The van der Waals surface area contributed by atoms with Crippen molar-refractivity contribution in [1.82, 2.24) is 0 Å². The second-order valence-corrected chi connectivity index (χ2v) is 4.39. The van der Waals surface area contributed by atoms with E-state index < -0.39 is 17.3 Å². The molecule has 4 nitrogen and oxygen atoms in total. The average molecular weight is 257 g/mol. The lowest BCUT2D eigenvalue weighted by atomic mass is 9.93. The van der Waals surface area contributed by atoms with Crippen molar-refractivity contribution < 1.29 is 23.4 Å². The van der Waals surface area contributed by atoms with Crippen molar-refractivity contribution >= 4 is 5.97 Å². The van der Waals surface area contributed by atoms with Gasteiger partial charge in [-0.3, -0.25) is 0 Å². The molecule has 1 atom stereocenters. The number of rotatable bonds is 3. The molecule has 0 spiro atoms. The van der Waals surface area contributed by atoms with Gasteiger partial charge in [-0.05, 0) is 17.7 Å². The normalized spacial score (nSPS) is 24.7. The molecule has 1 unspecified atom stereocenters. The van der Waals surface area contributed by atoms with Crippen LogP contribution in [0, 0.1) is 0 Å². The lowest BCUT2D eigenvalue weighted by Gasteiger charge is -2.15. The molecule has 2 rings (SSSR count). The molecule has 0 saturated heterocycles. The average Bonchev–Trinajstić information content (AvgIpc) is 2.92. The summed E-state index contributed by atoms with van der Waals surface area (Å²) in [6.45, 7) is -0.217. The number of methoxy groups -OCH3 is 1. The number of nitrogens with two attached hydrogens (primary N) is 1. The van der Waals surface area contributed by atoms with E-state index in [0.717, 1.165) is 7.11 Å². The van der Waals surface area contributed by atoms with Crippen LogP contribution in [0.25, 0.3) is 0 Å². The zero-order valence-corrected chi connectivity index (χ0v) is 9.74. The van der Waals surface area contributed by atoms with Crippen molar-refractivity contribution in [2.24, 2.45) is 5.73 Å². The SMILES string of the molecule is COC(=O)c1cc(C2(CN)CC2(F)F)ccc1O. The first kappa shape index (κ1) is 12.8. The van der Waals surface area contributed by atoms with Gasteiger partial charge >= 0.3 is 5.97 Å². The van der Waals surface area contributed by atoms with Crippen LogP contribution in [0.5, 0.6) is 5.75 Å². The highest BCUT2D eigenvalue weighted by Gasteiger charge is 2.71. The van der Waals surface area contributed by atoms with Crippen LogP contribution < -0.4 is 5.73 Å². The van der Waals surface area contributed by atoms with Crippen molar-refractivity contribution in [1.29, 1.82) is 0 Å². The zero-order chi connectivity index (χ0) is 13.6. The molecule has 18 heavy (non-hydrogen) atoms. The van der Waals surface area contributed by atoms with Gasteiger partial charge in [0.05, 0.1) is 12.5 Å². The fraction of sp³-hybridized carbons (Fsp3) is 0.417. The standard InChI is InChI=1S/C12H13F2NO3/c1-18-10(17)8-4-7(2-3-9(8)16)11(6-15)5-12(11,13)14/h2-4,16H,5-6,15H2,1H3. The Morgan fingerprint density at radius 2 is 2.17 bits per heavy atom. The Balaban J connectivity index is 2.46. The van der Waals surface area contributed by atoms with Crippen LogP contribution in [-0.4, -0.2) is 30.7 Å². The fourth-order valence-electron chi connectivity index (χ4n) is 2.09. The smallest absolute Gasteiger partial charge is 0.341 e. The Hall–Kier alpha value is -1.69. The van der Waals surface area contributed by atoms with E-state index in [2.05, 4.69) is 4.74 Å². The number of phenols is 1. The largest absolute Gasteiger partial charge is 0.507 e. The van der Waals surface area contributed by atoms with E-state index in [9.17, 15) is 18.7 Å². The van der Waals surface area contributed by atoms with Crippen molar-refractivity contribution in [3.63, 3.8) is 0 Å². The van der Waals surface area contributed by atoms with E-state index in [-0.39, 0.29) is 29.8 Å². The predicted molar refractivity (Wildman–Crippen MR) is 59.7 cm³/mol. The number of ether oxygens (including phenoxy) is 1. The summed E-state index contributed by atoms with van der Waals surface area (Å²) in [7, 11) is 1.15. The highest BCUT2D eigenvalue weighted by atomic mass is 19.3. The summed E-state index contributed by atoms with van der Waals surface area (Å²) in [5.74, 6) is -3.95. The second-order valence-electron chi connectivity index (χ2n) is 4.39. The minimum absolute atomic E-state index is 0.134. The Bertz CT molecular complexity index is 504. The summed E-state index contributed by atoms with van der Waals surface area (Å²) in [6, 6.07) is 3.78. The number of halogens is 2. The van der Waals surface area contributed by atoms with Gasteiger partial charge in [0.15, 0.2) is 0 Å². The third-order valence-corrected chi connectivity index (χ3v) is 3.40. The van der Waals surface area contributed by atoms with Crippen molar-refractivity contribution in [2.75, 3.05) is 13.7 Å². The maximum absolute atomic E-state index is 13.4. The summed E-state index contributed by atoms with van der Waals surface area (Å²) in [5, 5.41) is 9.51. The fourth-order valence-corrected chi connectivity index (χ4v) is 2.09. The summed E-state index contributed by atoms with van der Waals surface area (Å²) in [4.78, 5) is 11.4. The van der Waals surface area contributed by atoms with E-state index in [0.29, 0.717) is 0 Å². The Labute approximate surface area is 102 Å². The van der Waals surface area contributed by atoms with Crippen LogP contribution in [0.3, 0.4) is 0 Å². The van der Waals surface area contributed by atoms with E-state index in [1.54, 1.807) is 0 Å². The summed E-state index contributed by atoms with van der Waals surface area (Å²) >= 11 is 0. The third-order valence-electron chi connectivity index (χ3n) is 3.40. The van der Waals surface area contributed by atoms with Crippen LogP contribution >= 0.6 is 0 Å². The van der Waals surface area contributed by atoms with E-state index in [1.165, 1.54) is 18.2 Å². The number of alkyl halides is 2. The van der Waals surface area contributed by atoms with Gasteiger partial charge in [-0.25, -0.2) is 13.6 Å². The molecule has 6 heteroatoms. The number of aromatic hydroxyl groups is 1. The zero-order valence-electron chi connectivity index (χ0n) is 9.74. The van der Waals surface area contributed by atoms with Gasteiger partial charge in [0.25, 0.3) is 5.92 Å². The Morgan fingerprint density at radius 3 is 2.61 bits per heavy atom. The first-order valence-corrected chi connectivity index (χ1v) is 5.38. The monoisotopic (exact) mass is 257 g/mol. The number of hydrogen-bond acceptors (Lipinski definition) is 4. The van der Waals surface area contributed by atoms with Crippen molar-refractivity contribution in [2.45, 2.75) is 17.8 Å². The third kappa shape index (κ3) is 1.64. The van der Waals surface area contributed by atoms with Gasteiger partial charge in [-0.15, -0.1) is 0 Å². The number of esters is 1. The molecule has 1 aliphatic carbocycles. The van der Waals surface area contributed by atoms with E-state index in [1.807, 2.05) is 0 Å². The van der Waals surface area contributed by atoms with Crippen LogP contribution in [-0.2, 0) is 10.2 Å². The van der Waals surface area contributed by atoms with E-state index >= 15 is 0 Å². The number of carbonyl (C=O) groups is 1. The molecule has 3 N–H and O–H groups in total. The van der Waals surface area contributed by atoms with Crippen LogP contribution in [0.15, 0.2) is 18.2 Å². The van der Waals surface area contributed by atoms with Crippen LogP contribution in [0.1, 0.15) is 22.3 Å². The molecule has 1 aliphatic rings. The maximum Gasteiger partial charge on any atom is 0.341 e. The molecule has 0 amide bonds. The summed E-state index contributed by atoms with van der Waals surface area (Å²) < 4.78 is 31.3. The molecule has 1 aromatic carbocycles. The second kappa shape index (κ2) is 3.91. The molecule has 0 heterocycles. The highest BCUT2D eigenvalue weighted by molar-refractivity contribution is 5.92. The molecule has 1 aromatic rings. The minimum atomic E-state index is -2.87. The van der Waals surface area contributed by atoms with Gasteiger partial charge in [0.2, 0.25) is 0 Å². The van der Waals surface area contributed by atoms with Crippen LogP contribution in [0.2, 0.25) is 0 Å². The topological polar surface area (TPSA) is 72.5 Å². The molecule has 0 radical (unpaired) electrons. The lowest BCUT2D eigenvalue weighted by Crippen LogP contribution is -2.27. The predicted octanol–water partition coefficient (Wildman–Crippen LogP) is 1.41. The van der Waals surface area contributed by atoms with Gasteiger partial charge in [-0.2, -0.15) is 0 Å². The number of hydrogen-bond donors (Lipinski definition) is 2. The van der Waals surface area contributed by atoms with Gasteiger partial charge < -0.3 is 15.6 Å². The maximum atomic E-state index is 13.4. The summed E-state index contributed by atoms with van der Waals surface area (Å²) in [5.41, 5.74) is 4.10. The molecular weight excluding hydrogens is 244 g/mol. The first-order chi connectivity index (χ1) is 8.38. The highest BCUT2D eigenvalue weighted by Crippen LogP contribution is 2.61. The van der Waals surface area contributed by atoms with Gasteiger partial charge in [0.1, 0.15) is 11.3 Å². The van der Waals surface area contributed by atoms with Crippen LogP contribution in [0.4, 0.5) is 8.78 Å². The Morgan fingerprint density at radius 1 is 1.56 bits per heavy atom. The van der Waals surface area contributed by atoms with Crippen molar-refractivity contribution in [3.05, 3.63) is 29.3 Å². The molecular formula is C12H13F2NO3. The number of benzene rings is 1. The molecule has 0 aromatic heterocycles. The number of phenolic OH excluding ortho intramolecular Hbond substituents is 1. The molecule has 1 fully saturated rings. The first-order valence-electron chi connectivity index (χ1n) is 5.38. The van der Waals surface area contributed by atoms with E-state index in [4.69, 9.17) is 5.73 Å². The number of carbonyl (C=O) groups excluding carboxylic acids is 1. The van der Waals surface area contributed by atoms with Crippen molar-refractivity contribution in [3.8, 4) is 5.75 Å². The van der Waals surface area contributed by atoms with Gasteiger partial charge in [-0.1, -0.05) is 6.07 Å².